The van der Waals surface area contributed by atoms with Gasteiger partial charge in [0.2, 0.25) is 11.8 Å². The highest BCUT2D eigenvalue weighted by atomic mass is 35.5. The number of benzene rings is 1. The molecule has 33 heavy (non-hydrogen) atoms. The summed E-state index contributed by atoms with van der Waals surface area (Å²) >= 11 is 12.6. The van der Waals surface area contributed by atoms with Crippen LogP contribution in [0.15, 0.2) is 18.2 Å². The van der Waals surface area contributed by atoms with E-state index in [1.54, 1.807) is 6.07 Å². The van der Waals surface area contributed by atoms with Gasteiger partial charge in [0, 0.05) is 45.2 Å². The minimum atomic E-state index is -0.726. The van der Waals surface area contributed by atoms with Crippen LogP contribution in [0.1, 0.15) is 44.1 Å². The number of imide groups is 1. The summed E-state index contributed by atoms with van der Waals surface area (Å²) in [5, 5.41) is 0.940. The van der Waals surface area contributed by atoms with Crippen molar-refractivity contribution in [1.82, 2.24) is 14.7 Å². The van der Waals surface area contributed by atoms with Crippen LogP contribution in [0.5, 0.6) is 0 Å². The average molecular weight is 494 g/mol. The fraction of sp³-hybridized carbons (Fsp3) is 0.680. The number of morpholine rings is 1. The lowest BCUT2D eigenvalue weighted by Gasteiger charge is -2.48. The van der Waals surface area contributed by atoms with Crippen LogP contribution in [0.2, 0.25) is 10.0 Å². The van der Waals surface area contributed by atoms with E-state index in [4.69, 9.17) is 27.9 Å². The van der Waals surface area contributed by atoms with Crippen molar-refractivity contribution in [2.45, 2.75) is 50.0 Å². The van der Waals surface area contributed by atoms with Crippen LogP contribution in [0.3, 0.4) is 0 Å². The predicted octanol–water partition coefficient (Wildman–Crippen LogP) is 3.59. The van der Waals surface area contributed by atoms with Crippen molar-refractivity contribution < 1.29 is 14.3 Å². The summed E-state index contributed by atoms with van der Waals surface area (Å²) in [6.07, 6.45) is 4.96. The largest absolute Gasteiger partial charge is 0.379 e. The average Bonchev–Trinajstić information content (AvgIpc) is 3.61. The number of hydrogen-bond acceptors (Lipinski definition) is 5. The molecule has 1 aromatic carbocycles. The summed E-state index contributed by atoms with van der Waals surface area (Å²) < 4.78 is 5.48. The number of rotatable bonds is 8. The van der Waals surface area contributed by atoms with Gasteiger partial charge in [-0.25, -0.2) is 0 Å². The normalized spacial score (nSPS) is 27.8. The Morgan fingerprint density at radius 2 is 1.79 bits per heavy atom. The minimum absolute atomic E-state index is 0.0346. The maximum absolute atomic E-state index is 13.9. The van der Waals surface area contributed by atoms with E-state index in [2.05, 4.69) is 9.80 Å². The summed E-state index contributed by atoms with van der Waals surface area (Å²) in [5.74, 6) is 0.584. The fourth-order valence-corrected chi connectivity index (χ4v) is 5.86. The van der Waals surface area contributed by atoms with E-state index in [0.717, 1.165) is 57.9 Å². The molecule has 0 bridgehead atoms. The molecule has 1 aromatic rings. The number of ether oxygens (including phenoxy) is 1. The highest BCUT2D eigenvalue weighted by molar-refractivity contribution is 6.42. The van der Waals surface area contributed by atoms with Gasteiger partial charge in [-0.2, -0.15) is 0 Å². The van der Waals surface area contributed by atoms with Crippen LogP contribution < -0.4 is 0 Å². The molecular formula is C25H33Cl2N3O3. The van der Waals surface area contributed by atoms with Crippen LogP contribution in [0, 0.1) is 5.92 Å². The molecule has 4 fully saturated rings. The summed E-state index contributed by atoms with van der Waals surface area (Å²) in [5.41, 5.74) is 0.159. The molecule has 3 heterocycles. The van der Waals surface area contributed by atoms with E-state index in [0.29, 0.717) is 47.8 Å². The smallest absolute Gasteiger partial charge is 0.239 e. The zero-order valence-electron chi connectivity index (χ0n) is 19.1. The maximum Gasteiger partial charge on any atom is 0.239 e. The van der Waals surface area contributed by atoms with Crippen LogP contribution in [-0.2, 0) is 19.7 Å². The molecule has 6 nitrogen and oxygen atoms in total. The zero-order chi connectivity index (χ0) is 23.0. The minimum Gasteiger partial charge on any atom is -0.379 e. The Balaban J connectivity index is 1.31. The third-order valence-electron chi connectivity index (χ3n) is 8.01. The fourth-order valence-electron chi connectivity index (χ4n) is 5.56. The van der Waals surface area contributed by atoms with Gasteiger partial charge in [0.05, 0.1) is 28.7 Å². The summed E-state index contributed by atoms with van der Waals surface area (Å²) in [7, 11) is 0. The Kier molecular flexibility index (Phi) is 7.01. The Hall–Kier alpha value is -1.18. The van der Waals surface area contributed by atoms with Gasteiger partial charge >= 0.3 is 0 Å². The number of piperidine rings is 1. The lowest BCUT2D eigenvalue weighted by atomic mass is 9.70. The third kappa shape index (κ3) is 4.96. The molecule has 1 saturated carbocycles. The predicted molar refractivity (Wildman–Crippen MR) is 129 cm³/mol. The molecule has 180 valence electrons. The molecule has 2 amide bonds. The molecule has 3 saturated heterocycles. The highest BCUT2D eigenvalue weighted by Gasteiger charge is 2.49. The van der Waals surface area contributed by atoms with Crippen molar-refractivity contribution in [3.05, 3.63) is 33.8 Å². The Bertz CT molecular complexity index is 897. The zero-order valence-corrected chi connectivity index (χ0v) is 20.6. The number of likely N-dealkylation sites (tertiary alicyclic amines) is 2. The molecule has 0 spiro atoms. The van der Waals surface area contributed by atoms with Gasteiger partial charge in [0.15, 0.2) is 0 Å². The number of halogens is 2. The maximum atomic E-state index is 13.9. The molecule has 0 unspecified atom stereocenters. The van der Waals surface area contributed by atoms with Crippen molar-refractivity contribution >= 4 is 35.0 Å². The summed E-state index contributed by atoms with van der Waals surface area (Å²) in [4.78, 5) is 33.1. The van der Waals surface area contributed by atoms with Gasteiger partial charge in [-0.05, 0) is 49.4 Å². The second kappa shape index (κ2) is 9.82. The summed E-state index contributed by atoms with van der Waals surface area (Å²) in [6, 6.07) is 6.11. The van der Waals surface area contributed by atoms with E-state index < -0.39 is 5.41 Å². The monoisotopic (exact) mass is 493 g/mol. The van der Waals surface area contributed by atoms with Crippen molar-refractivity contribution in [2.24, 2.45) is 5.92 Å². The SMILES string of the molecule is O=C1CC[C@](CCN2CC(N3CCOCC3)C2)(c2ccc(Cl)c(Cl)c2)C(=O)N1CCC1CC1. The van der Waals surface area contributed by atoms with E-state index in [-0.39, 0.29) is 11.8 Å². The molecule has 8 heteroatoms. The number of carbonyl (C=O) groups is 2. The van der Waals surface area contributed by atoms with E-state index in [1.165, 1.54) is 17.7 Å². The highest BCUT2D eigenvalue weighted by Crippen LogP contribution is 2.42. The molecule has 0 radical (unpaired) electrons. The van der Waals surface area contributed by atoms with E-state index in [9.17, 15) is 9.59 Å². The lowest BCUT2D eigenvalue weighted by Crippen LogP contribution is -2.62. The Morgan fingerprint density at radius 1 is 1.03 bits per heavy atom. The first-order valence-electron chi connectivity index (χ1n) is 12.3. The van der Waals surface area contributed by atoms with Crippen molar-refractivity contribution in [2.75, 3.05) is 52.5 Å². The molecule has 5 rings (SSSR count). The third-order valence-corrected chi connectivity index (χ3v) is 8.75. The topological polar surface area (TPSA) is 53.1 Å². The van der Waals surface area contributed by atoms with Gasteiger partial charge in [-0.3, -0.25) is 19.4 Å². The molecule has 0 N–H and O–H groups in total. The molecular weight excluding hydrogens is 461 g/mol. The first kappa shape index (κ1) is 23.6. The van der Waals surface area contributed by atoms with Gasteiger partial charge in [-0.15, -0.1) is 0 Å². The molecule has 4 aliphatic rings. The van der Waals surface area contributed by atoms with Crippen molar-refractivity contribution in [3.63, 3.8) is 0 Å². The standard InChI is InChI=1S/C25H33Cl2N3O3/c26-21-4-3-19(15-22(21)27)25(7-5-23(31)30(24(25)32)9-6-18-1-2-18)8-10-28-16-20(17-28)29-11-13-33-14-12-29/h3-4,15,18,20H,1-2,5-14,16-17H2/t25-/m0/s1. The number of hydrogen-bond donors (Lipinski definition) is 0. The van der Waals surface area contributed by atoms with Crippen LogP contribution in [-0.4, -0.2) is 85.0 Å². The van der Waals surface area contributed by atoms with Crippen LogP contribution >= 0.6 is 23.2 Å². The molecule has 1 atom stereocenters. The van der Waals surface area contributed by atoms with Gasteiger partial charge in [-0.1, -0.05) is 42.1 Å². The lowest BCUT2D eigenvalue weighted by molar-refractivity contribution is -0.154. The first-order valence-corrected chi connectivity index (χ1v) is 13.1. The first-order chi connectivity index (χ1) is 16.0. The number of carbonyl (C=O) groups excluding carboxylic acids is 2. The Labute approximate surface area is 206 Å². The summed E-state index contributed by atoms with van der Waals surface area (Å²) in [6.45, 7) is 7.05. The van der Waals surface area contributed by atoms with E-state index >= 15 is 0 Å². The van der Waals surface area contributed by atoms with E-state index in [1.807, 2.05) is 12.1 Å². The van der Waals surface area contributed by atoms with Gasteiger partial charge in [0.1, 0.15) is 0 Å². The second-order valence-electron chi connectivity index (χ2n) is 10.1. The second-order valence-corrected chi connectivity index (χ2v) is 10.9. The van der Waals surface area contributed by atoms with Crippen LogP contribution in [0.4, 0.5) is 0 Å². The molecule has 0 aromatic heterocycles. The van der Waals surface area contributed by atoms with Gasteiger partial charge in [0.25, 0.3) is 0 Å². The van der Waals surface area contributed by atoms with Crippen molar-refractivity contribution in [1.29, 1.82) is 0 Å². The molecule has 1 aliphatic carbocycles. The van der Waals surface area contributed by atoms with Crippen LogP contribution in [0.25, 0.3) is 0 Å². The quantitative estimate of drug-likeness (QED) is 0.518. The molecule has 3 aliphatic heterocycles. The Morgan fingerprint density at radius 3 is 2.48 bits per heavy atom. The number of nitrogens with zero attached hydrogens (tertiary/aromatic N) is 3. The number of amides is 2. The van der Waals surface area contributed by atoms with Crippen molar-refractivity contribution in [3.8, 4) is 0 Å². The van der Waals surface area contributed by atoms with Gasteiger partial charge < -0.3 is 9.64 Å².